The molecule has 2 aliphatic carbocycles. The van der Waals surface area contributed by atoms with Crippen LogP contribution in [0.4, 0.5) is 0 Å². The Morgan fingerprint density at radius 2 is 2.00 bits per heavy atom. The largest absolute Gasteiger partial charge is 0.316 e. The van der Waals surface area contributed by atoms with Crippen LogP contribution in [0.5, 0.6) is 0 Å². The molecule has 0 aromatic carbocycles. The van der Waals surface area contributed by atoms with Gasteiger partial charge in [0.2, 0.25) is 10.0 Å². The second kappa shape index (κ2) is 6.55. The number of rotatable bonds is 8. The summed E-state index contributed by atoms with van der Waals surface area (Å²) in [6, 6.07) is 0. The summed E-state index contributed by atoms with van der Waals surface area (Å²) >= 11 is 0. The number of sulfonamides is 1. The van der Waals surface area contributed by atoms with E-state index >= 15 is 0 Å². The molecular weight excluding hydrogens is 260 g/mol. The molecule has 0 aliphatic heterocycles. The number of hydrogen-bond acceptors (Lipinski definition) is 3. The van der Waals surface area contributed by atoms with E-state index in [0.717, 1.165) is 31.3 Å². The molecule has 112 valence electrons. The summed E-state index contributed by atoms with van der Waals surface area (Å²) in [5.74, 6) is 2.52. The van der Waals surface area contributed by atoms with Crippen LogP contribution in [0.25, 0.3) is 0 Å². The Morgan fingerprint density at radius 3 is 2.58 bits per heavy atom. The van der Waals surface area contributed by atoms with Crippen molar-refractivity contribution in [2.24, 2.45) is 17.8 Å². The van der Waals surface area contributed by atoms with Gasteiger partial charge in [0.25, 0.3) is 0 Å². The number of fused-ring (bicyclic) bond motifs is 2. The molecule has 0 amide bonds. The van der Waals surface area contributed by atoms with Crippen LogP contribution in [0.15, 0.2) is 0 Å². The van der Waals surface area contributed by atoms with Crippen LogP contribution < -0.4 is 5.32 Å². The van der Waals surface area contributed by atoms with Crippen molar-refractivity contribution in [1.29, 1.82) is 0 Å². The highest BCUT2D eigenvalue weighted by Crippen LogP contribution is 2.48. The highest BCUT2D eigenvalue weighted by atomic mass is 32.2. The summed E-state index contributed by atoms with van der Waals surface area (Å²) in [7, 11) is -1.32. The van der Waals surface area contributed by atoms with Gasteiger partial charge >= 0.3 is 0 Å². The van der Waals surface area contributed by atoms with Crippen LogP contribution in [0, 0.1) is 17.8 Å². The summed E-state index contributed by atoms with van der Waals surface area (Å²) < 4.78 is 26.0. The average Bonchev–Trinajstić information content (AvgIpc) is 2.96. The molecule has 2 aliphatic rings. The standard InChI is InChI=1S/C14H28N2O2S/c1-3-6-15-7-8-19(17,18)16(2)11-14-10-12-4-5-13(14)9-12/h12-15H,3-11H2,1-2H3. The molecule has 3 atom stereocenters. The highest BCUT2D eigenvalue weighted by molar-refractivity contribution is 7.89. The van der Waals surface area contributed by atoms with Gasteiger partial charge in [-0.1, -0.05) is 13.3 Å². The Kier molecular flexibility index (Phi) is 5.26. The van der Waals surface area contributed by atoms with Crippen LogP contribution in [-0.2, 0) is 10.0 Å². The second-order valence-electron chi connectivity index (χ2n) is 6.28. The van der Waals surface area contributed by atoms with Crippen LogP contribution in [0.3, 0.4) is 0 Å². The van der Waals surface area contributed by atoms with Gasteiger partial charge in [-0.05, 0) is 50.0 Å². The monoisotopic (exact) mass is 288 g/mol. The third-order valence-corrected chi connectivity index (χ3v) is 6.63. The SMILES string of the molecule is CCCNCCS(=O)(=O)N(C)CC1CC2CCC1C2. The van der Waals surface area contributed by atoms with E-state index in [1.54, 1.807) is 11.4 Å². The minimum Gasteiger partial charge on any atom is -0.316 e. The average molecular weight is 288 g/mol. The Balaban J connectivity index is 1.76. The first kappa shape index (κ1) is 15.3. The van der Waals surface area contributed by atoms with E-state index in [9.17, 15) is 8.42 Å². The zero-order valence-electron chi connectivity index (χ0n) is 12.3. The maximum absolute atomic E-state index is 12.2. The normalized spacial score (nSPS) is 30.4. The summed E-state index contributed by atoms with van der Waals surface area (Å²) in [4.78, 5) is 0. The van der Waals surface area contributed by atoms with Crippen LogP contribution >= 0.6 is 0 Å². The molecule has 2 fully saturated rings. The molecule has 5 heteroatoms. The molecule has 1 N–H and O–H groups in total. The second-order valence-corrected chi connectivity index (χ2v) is 8.48. The van der Waals surface area contributed by atoms with Crippen molar-refractivity contribution in [2.45, 2.75) is 39.0 Å². The number of nitrogens with zero attached hydrogens (tertiary/aromatic N) is 1. The van der Waals surface area contributed by atoms with Gasteiger partial charge in [-0.25, -0.2) is 12.7 Å². The Hall–Kier alpha value is -0.130. The van der Waals surface area contributed by atoms with Gasteiger partial charge in [-0.15, -0.1) is 0 Å². The molecule has 2 bridgehead atoms. The third kappa shape index (κ3) is 3.92. The lowest BCUT2D eigenvalue weighted by atomic mass is 9.89. The molecule has 2 rings (SSSR count). The zero-order valence-corrected chi connectivity index (χ0v) is 13.1. The minimum absolute atomic E-state index is 0.227. The van der Waals surface area contributed by atoms with Crippen molar-refractivity contribution in [3.8, 4) is 0 Å². The third-order valence-electron chi connectivity index (χ3n) is 4.81. The lowest BCUT2D eigenvalue weighted by Crippen LogP contribution is -2.37. The summed E-state index contributed by atoms with van der Waals surface area (Å²) in [6.07, 6.45) is 6.33. The molecule has 0 spiro atoms. The van der Waals surface area contributed by atoms with E-state index in [4.69, 9.17) is 0 Å². The zero-order chi connectivity index (χ0) is 13.9. The molecule has 0 aromatic heterocycles. The van der Waals surface area contributed by atoms with Gasteiger partial charge in [-0.2, -0.15) is 0 Å². The van der Waals surface area contributed by atoms with Crippen LogP contribution in [-0.4, -0.2) is 45.2 Å². The van der Waals surface area contributed by atoms with E-state index in [1.165, 1.54) is 25.7 Å². The molecule has 2 saturated carbocycles. The first-order chi connectivity index (χ1) is 9.03. The molecule has 0 heterocycles. The molecular formula is C14H28N2O2S. The summed E-state index contributed by atoms with van der Waals surface area (Å²) in [6.45, 7) is 4.28. The van der Waals surface area contributed by atoms with Gasteiger partial charge in [0.1, 0.15) is 0 Å². The molecule has 19 heavy (non-hydrogen) atoms. The fourth-order valence-corrected chi connectivity index (χ4v) is 4.84. The van der Waals surface area contributed by atoms with E-state index < -0.39 is 10.0 Å². The highest BCUT2D eigenvalue weighted by Gasteiger charge is 2.40. The number of nitrogens with one attached hydrogen (secondary N) is 1. The Labute approximate surface area is 118 Å². The smallest absolute Gasteiger partial charge is 0.215 e. The van der Waals surface area contributed by atoms with Gasteiger partial charge in [0.15, 0.2) is 0 Å². The lowest BCUT2D eigenvalue weighted by Gasteiger charge is -2.26. The van der Waals surface area contributed by atoms with Crippen molar-refractivity contribution in [2.75, 3.05) is 32.4 Å². The Bertz CT molecular complexity index is 383. The fraction of sp³-hybridized carbons (Fsp3) is 1.00. The van der Waals surface area contributed by atoms with Crippen molar-refractivity contribution in [3.63, 3.8) is 0 Å². The molecule has 4 nitrogen and oxygen atoms in total. The summed E-state index contributed by atoms with van der Waals surface area (Å²) in [5.41, 5.74) is 0. The van der Waals surface area contributed by atoms with E-state index in [0.29, 0.717) is 12.5 Å². The number of hydrogen-bond donors (Lipinski definition) is 1. The van der Waals surface area contributed by atoms with Gasteiger partial charge in [0.05, 0.1) is 5.75 Å². The Morgan fingerprint density at radius 1 is 1.21 bits per heavy atom. The minimum atomic E-state index is -3.07. The van der Waals surface area contributed by atoms with Crippen LogP contribution in [0.2, 0.25) is 0 Å². The first-order valence-corrected chi connectivity index (χ1v) is 9.28. The molecule has 0 radical (unpaired) electrons. The topological polar surface area (TPSA) is 49.4 Å². The van der Waals surface area contributed by atoms with E-state index in [2.05, 4.69) is 12.2 Å². The van der Waals surface area contributed by atoms with Crippen molar-refractivity contribution < 1.29 is 8.42 Å². The maximum atomic E-state index is 12.2. The van der Waals surface area contributed by atoms with Crippen molar-refractivity contribution >= 4 is 10.0 Å². The maximum Gasteiger partial charge on any atom is 0.215 e. The fourth-order valence-electron chi connectivity index (χ4n) is 3.70. The van der Waals surface area contributed by atoms with Crippen molar-refractivity contribution in [3.05, 3.63) is 0 Å². The van der Waals surface area contributed by atoms with Gasteiger partial charge in [0, 0.05) is 20.1 Å². The summed E-state index contributed by atoms with van der Waals surface area (Å²) in [5, 5.41) is 3.16. The molecule has 3 unspecified atom stereocenters. The predicted octanol–water partition coefficient (Wildman–Crippen LogP) is 1.68. The van der Waals surface area contributed by atoms with Gasteiger partial charge < -0.3 is 5.32 Å². The first-order valence-electron chi connectivity index (χ1n) is 7.67. The lowest BCUT2D eigenvalue weighted by molar-refractivity contribution is 0.280. The predicted molar refractivity (Wildman–Crippen MR) is 78.5 cm³/mol. The van der Waals surface area contributed by atoms with E-state index in [-0.39, 0.29) is 5.75 Å². The van der Waals surface area contributed by atoms with E-state index in [1.807, 2.05) is 0 Å². The molecule has 0 aromatic rings. The molecule has 0 saturated heterocycles. The van der Waals surface area contributed by atoms with Crippen molar-refractivity contribution in [1.82, 2.24) is 9.62 Å². The van der Waals surface area contributed by atoms with Crippen LogP contribution in [0.1, 0.15) is 39.0 Å². The quantitative estimate of drug-likeness (QED) is 0.691. The van der Waals surface area contributed by atoms with Gasteiger partial charge in [-0.3, -0.25) is 0 Å².